The maximum absolute atomic E-state index is 6.60. The minimum atomic E-state index is -0.361. The Morgan fingerprint density at radius 3 is 1.01 bits per heavy atom. The molecule has 0 bridgehead atoms. The molecule has 0 unspecified atom stereocenters. The molecule has 17 aromatic carbocycles. The Balaban J connectivity index is 0.000000134. The maximum Gasteiger partial charge on any atom is 0.494 e. The maximum atomic E-state index is 6.60. The second-order valence-electron chi connectivity index (χ2n) is 29.2. The van der Waals surface area contributed by atoms with E-state index in [0.717, 1.165) is 60.8 Å². The Morgan fingerprint density at radius 1 is 0.257 bits per heavy atom. The van der Waals surface area contributed by atoms with Crippen molar-refractivity contribution in [2.75, 3.05) is 0 Å². The van der Waals surface area contributed by atoms with Crippen LogP contribution >= 0.6 is 23.2 Å². The molecule has 1 aliphatic heterocycles. The third-order valence-electron chi connectivity index (χ3n) is 22.4. The van der Waals surface area contributed by atoms with Crippen LogP contribution in [-0.4, -0.2) is 38.3 Å². The van der Waals surface area contributed by atoms with Crippen molar-refractivity contribution < 1.29 is 18.1 Å². The van der Waals surface area contributed by atoms with Gasteiger partial charge in [-0.1, -0.05) is 272 Å². The van der Waals surface area contributed by atoms with Crippen molar-refractivity contribution in [3.63, 3.8) is 0 Å². The molecule has 21 aromatic rings. The van der Waals surface area contributed by atoms with Crippen LogP contribution in [0, 0.1) is 0 Å². The van der Waals surface area contributed by atoms with E-state index in [2.05, 4.69) is 329 Å². The van der Waals surface area contributed by atoms with E-state index in [0.29, 0.717) is 32.4 Å². The topological polar surface area (TPSA) is 96.3 Å². The Hall–Kier alpha value is -12.6. The van der Waals surface area contributed by atoms with Crippen LogP contribution in [0.25, 0.3) is 197 Å². The van der Waals surface area contributed by atoms with Gasteiger partial charge in [0.2, 0.25) is 0 Å². The van der Waals surface area contributed by atoms with Crippen LogP contribution in [0.5, 0.6) is 0 Å². The van der Waals surface area contributed by atoms with E-state index in [1.54, 1.807) is 24.5 Å². The molecule has 0 radical (unpaired) electrons. The Kier molecular flexibility index (Phi) is 15.8. The van der Waals surface area contributed by atoms with Gasteiger partial charge in [0, 0.05) is 21.4 Å². The highest BCUT2D eigenvalue weighted by atomic mass is 35.5. The number of aromatic nitrogens is 4. The zero-order valence-corrected chi connectivity index (χ0v) is 61.4. The summed E-state index contributed by atoms with van der Waals surface area (Å²) in [5.41, 5.74) is 15.5. The minimum absolute atomic E-state index is 0.312. The van der Waals surface area contributed by atoms with Crippen LogP contribution in [0.1, 0.15) is 27.7 Å². The van der Waals surface area contributed by atoms with Gasteiger partial charge in [-0.25, -0.2) is 19.9 Å². The quantitative estimate of drug-likeness (QED) is 0.0923. The van der Waals surface area contributed by atoms with Crippen molar-refractivity contribution in [1.29, 1.82) is 0 Å². The molecule has 4 aromatic heterocycles. The van der Waals surface area contributed by atoms with Gasteiger partial charge in [-0.05, 0) is 235 Å². The van der Waals surface area contributed by atoms with E-state index in [4.69, 9.17) is 51.3 Å². The fourth-order valence-electron chi connectivity index (χ4n) is 16.3. The zero-order chi connectivity index (χ0) is 73.2. The van der Waals surface area contributed by atoms with Gasteiger partial charge in [0.25, 0.3) is 0 Å². The molecule has 1 aliphatic rings. The summed E-state index contributed by atoms with van der Waals surface area (Å²) in [6.07, 6.45) is 3.06. The largest absolute Gasteiger partial charge is 0.494 e. The van der Waals surface area contributed by atoms with E-state index in [-0.39, 0.29) is 18.3 Å². The molecule has 0 amide bonds. The van der Waals surface area contributed by atoms with Crippen molar-refractivity contribution >= 4 is 177 Å². The number of rotatable bonds is 6. The first kappa shape index (κ1) is 65.9. The average Bonchev–Trinajstić information content (AvgIpc) is 1.49. The second-order valence-corrected chi connectivity index (χ2v) is 30.0. The summed E-state index contributed by atoms with van der Waals surface area (Å²) in [7, 11) is -0.361. The Labute approximate surface area is 637 Å². The molecule has 0 atom stereocenters. The first-order valence-corrected chi connectivity index (χ1v) is 37.4. The van der Waals surface area contributed by atoms with Crippen LogP contribution in [0.2, 0.25) is 10.2 Å². The third kappa shape index (κ3) is 11.3. The summed E-state index contributed by atoms with van der Waals surface area (Å²) >= 11 is 11.8. The van der Waals surface area contributed by atoms with Crippen LogP contribution < -0.4 is 5.46 Å². The van der Waals surface area contributed by atoms with Crippen LogP contribution in [0.15, 0.2) is 331 Å². The molecule has 0 spiro atoms. The van der Waals surface area contributed by atoms with E-state index in [1.807, 2.05) is 0 Å². The molecule has 11 heteroatoms. The molecule has 0 aliphatic carbocycles. The van der Waals surface area contributed by atoms with Gasteiger partial charge in [-0.2, -0.15) is 0 Å². The second kappa shape index (κ2) is 26.1. The number of halogens is 2. The summed E-state index contributed by atoms with van der Waals surface area (Å²) in [4.78, 5) is 17.6. The highest BCUT2D eigenvalue weighted by Gasteiger charge is 2.51. The summed E-state index contributed by atoms with van der Waals surface area (Å²) in [5, 5.41) is 25.8. The van der Waals surface area contributed by atoms with Crippen molar-refractivity contribution in [1.82, 2.24) is 19.9 Å². The molecular formula is C98H65BCl2N4O4. The summed E-state index contributed by atoms with van der Waals surface area (Å²) in [5.74, 6) is 0. The number of benzene rings is 17. The van der Waals surface area contributed by atoms with Crippen molar-refractivity contribution in [3.05, 3.63) is 332 Å². The Morgan fingerprint density at radius 2 is 0.569 bits per heavy atom. The fraction of sp³-hybridized carbons (Fsp3) is 0.0612. The summed E-state index contributed by atoms with van der Waals surface area (Å²) in [6, 6.07) is 111. The lowest BCUT2D eigenvalue weighted by molar-refractivity contribution is 0.00578. The van der Waals surface area contributed by atoms with Crippen LogP contribution in [-0.2, 0) is 9.31 Å². The predicted molar refractivity (Wildman–Crippen MR) is 456 cm³/mol. The van der Waals surface area contributed by atoms with E-state index >= 15 is 0 Å². The summed E-state index contributed by atoms with van der Waals surface area (Å²) in [6.45, 7) is 8.37. The molecule has 8 nitrogen and oxygen atoms in total. The van der Waals surface area contributed by atoms with Crippen molar-refractivity contribution in [2.24, 2.45) is 0 Å². The standard InChI is InChI=1S/C58H34N2O.C30H27BO2.C10H4Cl2N2O/c1-3-19-46-42(15-1)44-17-5-7-21-48(44)52-31-38(23-26-50(46)52)35-11-9-12-36(29-35)40-25-28-55-54(33-40)57-58(61-55)56(59-34-60-57)41-14-10-13-37(30-41)39-24-27-51-47-20-4-2-16-43(47)45-18-6-8-22-49(45)53(51)32-39;1-29(2)30(3,4)33-31(32-29)22-11-9-10-20(18-22)21-16-17-27-25-14-6-5-12-23(25)24-13-7-8-15-26(24)28(27)19-21;11-5-1-2-7-6(3-5)8-9(15-7)10(12)14-4-13-8/h1-34H;5-19H,1-4H3;1-4H. The zero-order valence-electron chi connectivity index (χ0n) is 59.9. The first-order valence-electron chi connectivity index (χ1n) is 36.7. The molecule has 109 heavy (non-hydrogen) atoms. The van der Waals surface area contributed by atoms with Gasteiger partial charge < -0.3 is 18.1 Å². The van der Waals surface area contributed by atoms with E-state index in [1.165, 1.54) is 126 Å². The SMILES string of the molecule is CC1(C)OB(c2cccc(-c3ccc4c5ccccc5c5ccccc5c4c3)c2)OC1(C)C.Clc1ccc2oc3c(Cl)ncnc3c2c1.c1cc(-c2ccc3c4ccccc4c4ccccc4c3c2)cc(-c2ccc3oc4c(-c5cccc(-c6ccc7c8ccccc8c8ccccc8c7c6)c5)ncnc4c3c2)c1. The third-order valence-corrected chi connectivity index (χ3v) is 22.9. The monoisotopic (exact) mass is 1440 g/mol. The number of furan rings is 2. The van der Waals surface area contributed by atoms with Crippen molar-refractivity contribution in [2.45, 2.75) is 38.9 Å². The van der Waals surface area contributed by atoms with Crippen LogP contribution in [0.3, 0.4) is 0 Å². The first-order chi connectivity index (χ1) is 53.3. The molecule has 0 N–H and O–H groups in total. The van der Waals surface area contributed by atoms with Gasteiger partial charge >= 0.3 is 7.12 Å². The van der Waals surface area contributed by atoms with Crippen molar-refractivity contribution in [3.8, 4) is 55.8 Å². The lowest BCUT2D eigenvalue weighted by Gasteiger charge is -2.32. The van der Waals surface area contributed by atoms with E-state index < -0.39 is 0 Å². The number of fused-ring (bicyclic) bond motifs is 24. The molecule has 1 fully saturated rings. The molecule has 5 heterocycles. The Bertz CT molecular complexity index is 7210. The van der Waals surface area contributed by atoms with E-state index in [9.17, 15) is 0 Å². The normalized spacial score (nSPS) is 13.5. The van der Waals surface area contributed by atoms with Gasteiger partial charge in [-0.3, -0.25) is 0 Å². The summed E-state index contributed by atoms with van der Waals surface area (Å²) < 4.78 is 24.7. The highest BCUT2D eigenvalue weighted by Crippen LogP contribution is 2.45. The molecular weight excluding hydrogens is 1380 g/mol. The number of nitrogens with zero attached hydrogens (tertiary/aromatic N) is 4. The lowest BCUT2D eigenvalue weighted by Crippen LogP contribution is -2.41. The highest BCUT2D eigenvalue weighted by molar-refractivity contribution is 6.62. The lowest BCUT2D eigenvalue weighted by atomic mass is 9.78. The number of hydrogen-bond donors (Lipinski definition) is 0. The molecule has 1 saturated heterocycles. The minimum Gasteiger partial charge on any atom is -0.452 e. The fourth-order valence-corrected chi connectivity index (χ4v) is 16.7. The van der Waals surface area contributed by atoms with Gasteiger partial charge in [0.15, 0.2) is 16.3 Å². The molecule has 518 valence electrons. The van der Waals surface area contributed by atoms with Gasteiger partial charge in [0.1, 0.15) is 40.5 Å². The molecule has 22 rings (SSSR count). The smallest absolute Gasteiger partial charge is 0.452 e. The number of hydrogen-bond acceptors (Lipinski definition) is 8. The van der Waals surface area contributed by atoms with Gasteiger partial charge in [0.05, 0.1) is 11.2 Å². The molecule has 0 saturated carbocycles. The predicted octanol–water partition coefficient (Wildman–Crippen LogP) is 26.8. The average molecular weight is 1440 g/mol. The van der Waals surface area contributed by atoms with Crippen LogP contribution in [0.4, 0.5) is 0 Å². The van der Waals surface area contributed by atoms with Gasteiger partial charge in [-0.15, -0.1) is 0 Å².